The lowest BCUT2D eigenvalue weighted by Gasteiger charge is -2.11. The zero-order valence-corrected chi connectivity index (χ0v) is 17.7. The summed E-state index contributed by atoms with van der Waals surface area (Å²) in [6.45, 7) is 6.08. The Labute approximate surface area is 173 Å². The zero-order chi connectivity index (χ0) is 20.5. The molecule has 0 N–H and O–H groups in total. The van der Waals surface area contributed by atoms with Crippen LogP contribution in [0.25, 0.3) is 22.0 Å². The van der Waals surface area contributed by atoms with E-state index in [1.54, 1.807) is 18.8 Å². The molecule has 2 heterocycles. The van der Waals surface area contributed by atoms with Gasteiger partial charge in [0.1, 0.15) is 0 Å². The Morgan fingerprint density at radius 3 is 2.34 bits per heavy atom. The summed E-state index contributed by atoms with van der Waals surface area (Å²) >= 11 is 1.63. The van der Waals surface area contributed by atoms with E-state index in [1.807, 2.05) is 44.2 Å². The van der Waals surface area contributed by atoms with Crippen molar-refractivity contribution in [2.24, 2.45) is 7.05 Å². The highest BCUT2D eigenvalue weighted by Crippen LogP contribution is 2.29. The average Bonchev–Trinajstić information content (AvgIpc) is 2.69. The Morgan fingerprint density at radius 1 is 0.931 bits per heavy atom. The maximum absolute atomic E-state index is 12.4. The zero-order valence-electron chi connectivity index (χ0n) is 16.9. The highest BCUT2D eigenvalue weighted by Gasteiger charge is 2.12. The number of thioether (sulfide) groups is 1. The summed E-state index contributed by atoms with van der Waals surface area (Å²) in [5, 5.41) is 6.90. The maximum atomic E-state index is 12.4. The first-order valence-corrected chi connectivity index (χ1v) is 10.4. The van der Waals surface area contributed by atoms with E-state index in [1.165, 1.54) is 15.8 Å². The van der Waals surface area contributed by atoms with Gasteiger partial charge < -0.3 is 0 Å². The van der Waals surface area contributed by atoms with Crippen molar-refractivity contribution in [2.45, 2.75) is 31.7 Å². The summed E-state index contributed by atoms with van der Waals surface area (Å²) in [5.41, 5.74) is 6.10. The van der Waals surface area contributed by atoms with Crippen molar-refractivity contribution in [2.75, 3.05) is 0 Å². The third kappa shape index (κ3) is 3.93. The van der Waals surface area contributed by atoms with Gasteiger partial charge in [0.15, 0.2) is 5.16 Å². The van der Waals surface area contributed by atoms with Crippen LogP contribution in [-0.2, 0) is 12.8 Å². The van der Waals surface area contributed by atoms with Gasteiger partial charge in [-0.05, 0) is 50.1 Å². The van der Waals surface area contributed by atoms with Crippen molar-refractivity contribution < 1.29 is 0 Å². The third-order valence-corrected chi connectivity index (χ3v) is 5.79. The molecule has 2 aromatic heterocycles. The van der Waals surface area contributed by atoms with Crippen LogP contribution in [0.4, 0.5) is 0 Å². The molecule has 0 fully saturated rings. The standard InChI is InChI=1S/C23H22N4OS/c1-14-9-10-17(12-18(14)13-29-23-24-15(2)11-16(3)25-23)21-19-7-5-6-8-20(19)22(28)27(4)26-21/h5-12H,13H2,1-4H3. The molecule has 0 saturated carbocycles. The molecule has 0 spiro atoms. The van der Waals surface area contributed by atoms with Crippen LogP contribution >= 0.6 is 11.8 Å². The summed E-state index contributed by atoms with van der Waals surface area (Å²) in [5.74, 6) is 0.770. The van der Waals surface area contributed by atoms with Crippen LogP contribution in [0.2, 0.25) is 0 Å². The van der Waals surface area contributed by atoms with Crippen molar-refractivity contribution in [1.82, 2.24) is 19.7 Å². The molecule has 5 nitrogen and oxygen atoms in total. The van der Waals surface area contributed by atoms with E-state index in [2.05, 4.69) is 40.2 Å². The first-order valence-electron chi connectivity index (χ1n) is 9.43. The maximum Gasteiger partial charge on any atom is 0.274 e. The molecule has 6 heteroatoms. The van der Waals surface area contributed by atoms with E-state index >= 15 is 0 Å². The molecule has 0 radical (unpaired) electrons. The molecule has 0 aliphatic rings. The second-order valence-corrected chi connectivity index (χ2v) is 8.13. The summed E-state index contributed by atoms with van der Waals surface area (Å²) < 4.78 is 1.41. The van der Waals surface area contributed by atoms with E-state index in [-0.39, 0.29) is 5.56 Å². The summed E-state index contributed by atoms with van der Waals surface area (Å²) in [7, 11) is 1.70. The molecule has 0 unspecified atom stereocenters. The molecule has 0 atom stereocenters. The number of rotatable bonds is 4. The van der Waals surface area contributed by atoms with Gasteiger partial charge in [-0.15, -0.1) is 0 Å². The molecule has 0 amide bonds. The molecular weight excluding hydrogens is 380 g/mol. The number of hydrogen-bond acceptors (Lipinski definition) is 5. The van der Waals surface area contributed by atoms with Crippen LogP contribution in [0, 0.1) is 20.8 Å². The first kappa shape index (κ1) is 19.3. The smallest absolute Gasteiger partial charge is 0.267 e. The van der Waals surface area contributed by atoms with E-state index < -0.39 is 0 Å². The fraction of sp³-hybridized carbons (Fsp3) is 0.217. The van der Waals surface area contributed by atoms with E-state index in [0.717, 1.165) is 38.9 Å². The Hall–Kier alpha value is -2.99. The second kappa shape index (κ2) is 7.79. The Bertz CT molecular complexity index is 1260. The van der Waals surface area contributed by atoms with Gasteiger partial charge in [-0.3, -0.25) is 4.79 Å². The molecule has 0 saturated heterocycles. The van der Waals surface area contributed by atoms with Gasteiger partial charge in [0.05, 0.1) is 11.1 Å². The number of fused-ring (bicyclic) bond motifs is 1. The summed E-state index contributed by atoms with van der Waals surface area (Å²) in [4.78, 5) is 21.5. The lowest BCUT2D eigenvalue weighted by molar-refractivity contribution is 0.722. The van der Waals surface area contributed by atoms with Crippen LogP contribution in [-0.4, -0.2) is 19.7 Å². The fourth-order valence-electron chi connectivity index (χ4n) is 3.39. The molecule has 146 valence electrons. The number of aryl methyl sites for hydroxylation is 4. The highest BCUT2D eigenvalue weighted by molar-refractivity contribution is 7.98. The molecule has 0 bridgehead atoms. The molecule has 29 heavy (non-hydrogen) atoms. The van der Waals surface area contributed by atoms with Gasteiger partial charge >= 0.3 is 0 Å². The van der Waals surface area contributed by atoms with Gasteiger partial charge in [0, 0.05) is 35.1 Å². The SMILES string of the molecule is Cc1cc(C)nc(SCc2cc(-c3nn(C)c(=O)c4ccccc34)ccc2C)n1. The summed E-state index contributed by atoms with van der Waals surface area (Å²) in [6.07, 6.45) is 0. The van der Waals surface area contributed by atoms with Gasteiger partial charge in [-0.2, -0.15) is 5.10 Å². The number of nitrogens with zero attached hydrogens (tertiary/aromatic N) is 4. The first-order chi connectivity index (χ1) is 13.9. The van der Waals surface area contributed by atoms with Gasteiger partial charge in [-0.1, -0.05) is 42.1 Å². The Balaban J connectivity index is 1.73. The Morgan fingerprint density at radius 2 is 1.62 bits per heavy atom. The van der Waals surface area contributed by atoms with Crippen LogP contribution < -0.4 is 5.56 Å². The monoisotopic (exact) mass is 402 g/mol. The minimum Gasteiger partial charge on any atom is -0.267 e. The van der Waals surface area contributed by atoms with Crippen LogP contribution in [0.5, 0.6) is 0 Å². The van der Waals surface area contributed by atoms with Gasteiger partial charge in [0.2, 0.25) is 0 Å². The molecule has 4 rings (SSSR count). The minimum atomic E-state index is -0.0841. The molecular formula is C23H22N4OS. The predicted octanol–water partition coefficient (Wildman–Crippen LogP) is 4.61. The predicted molar refractivity (Wildman–Crippen MR) is 118 cm³/mol. The average molecular weight is 403 g/mol. The lowest BCUT2D eigenvalue weighted by atomic mass is 10.0. The normalized spacial score (nSPS) is 11.2. The van der Waals surface area contributed by atoms with Crippen LogP contribution in [0.3, 0.4) is 0 Å². The van der Waals surface area contributed by atoms with Crippen molar-refractivity contribution in [3.8, 4) is 11.3 Å². The van der Waals surface area contributed by atoms with Crippen LogP contribution in [0.1, 0.15) is 22.5 Å². The van der Waals surface area contributed by atoms with E-state index in [4.69, 9.17) is 0 Å². The number of aromatic nitrogens is 4. The van der Waals surface area contributed by atoms with Crippen molar-refractivity contribution in [1.29, 1.82) is 0 Å². The third-order valence-electron chi connectivity index (χ3n) is 4.90. The van der Waals surface area contributed by atoms with Crippen LogP contribution in [0.15, 0.2) is 58.5 Å². The number of hydrogen-bond donors (Lipinski definition) is 0. The number of benzene rings is 2. The van der Waals surface area contributed by atoms with Gasteiger partial charge in [-0.25, -0.2) is 14.6 Å². The van der Waals surface area contributed by atoms with Crippen molar-refractivity contribution >= 4 is 22.5 Å². The quantitative estimate of drug-likeness (QED) is 0.369. The van der Waals surface area contributed by atoms with Crippen molar-refractivity contribution in [3.05, 3.63) is 81.4 Å². The van der Waals surface area contributed by atoms with Crippen molar-refractivity contribution in [3.63, 3.8) is 0 Å². The molecule has 2 aromatic carbocycles. The lowest BCUT2D eigenvalue weighted by Crippen LogP contribution is -2.20. The van der Waals surface area contributed by atoms with Gasteiger partial charge in [0.25, 0.3) is 5.56 Å². The summed E-state index contributed by atoms with van der Waals surface area (Å²) in [6, 6.07) is 15.9. The van der Waals surface area contributed by atoms with E-state index in [9.17, 15) is 4.79 Å². The Kier molecular flexibility index (Phi) is 5.20. The largest absolute Gasteiger partial charge is 0.274 e. The molecule has 4 aromatic rings. The topological polar surface area (TPSA) is 60.7 Å². The second-order valence-electron chi connectivity index (χ2n) is 7.19. The minimum absolute atomic E-state index is 0.0841. The fourth-order valence-corrected chi connectivity index (χ4v) is 4.40. The van der Waals surface area contributed by atoms with E-state index in [0.29, 0.717) is 5.39 Å². The highest BCUT2D eigenvalue weighted by atomic mass is 32.2. The molecule has 0 aliphatic carbocycles. The molecule has 0 aliphatic heterocycles.